The van der Waals surface area contributed by atoms with Gasteiger partial charge in [-0.15, -0.1) is 0 Å². The summed E-state index contributed by atoms with van der Waals surface area (Å²) in [6, 6.07) is 6.64. The van der Waals surface area contributed by atoms with Crippen LogP contribution in [0, 0.1) is 18.8 Å². The van der Waals surface area contributed by atoms with Gasteiger partial charge in [0.1, 0.15) is 12.6 Å². The molecule has 0 atom stereocenters. The van der Waals surface area contributed by atoms with Crippen molar-refractivity contribution >= 4 is 0 Å². The van der Waals surface area contributed by atoms with Gasteiger partial charge in [-0.1, -0.05) is 0 Å². The van der Waals surface area contributed by atoms with Crippen LogP contribution >= 0.6 is 0 Å². The van der Waals surface area contributed by atoms with Crippen LogP contribution in [0.15, 0.2) is 30.5 Å². The number of nitrogens with zero attached hydrogens (tertiary/aromatic N) is 2. The van der Waals surface area contributed by atoms with E-state index in [1.54, 1.807) is 36.9 Å². The van der Waals surface area contributed by atoms with Crippen molar-refractivity contribution in [1.82, 2.24) is 4.98 Å². The monoisotopic (exact) mass is 221 g/mol. The minimum Gasteiger partial charge on any atom is -0.201 e. The summed E-state index contributed by atoms with van der Waals surface area (Å²) in [5.41, 5.74) is 1.54. The van der Waals surface area contributed by atoms with Gasteiger partial charge in [0.15, 0.2) is 6.20 Å². The van der Waals surface area contributed by atoms with E-state index in [0.717, 1.165) is 0 Å². The van der Waals surface area contributed by atoms with Crippen LogP contribution in [0.3, 0.4) is 0 Å². The van der Waals surface area contributed by atoms with Crippen LogP contribution in [0.4, 0.5) is 8.78 Å². The summed E-state index contributed by atoms with van der Waals surface area (Å²) < 4.78 is 28.2. The van der Waals surface area contributed by atoms with Crippen LogP contribution in [0.25, 0.3) is 11.3 Å². The molecule has 2 nitrogen and oxygen atoms in total. The van der Waals surface area contributed by atoms with E-state index in [1.165, 1.54) is 6.07 Å². The van der Waals surface area contributed by atoms with Gasteiger partial charge in [-0.05, 0) is 24.6 Å². The molecule has 2 heterocycles. The first-order valence-corrected chi connectivity index (χ1v) is 4.87. The number of halogens is 2. The average molecular weight is 221 g/mol. The number of hydrogen-bond donors (Lipinski definition) is 0. The molecule has 0 spiro atoms. The predicted octanol–water partition coefficient (Wildman–Crippen LogP) is 2.16. The highest BCUT2D eigenvalue weighted by Gasteiger charge is 2.18. The van der Waals surface area contributed by atoms with E-state index in [0.29, 0.717) is 16.8 Å². The van der Waals surface area contributed by atoms with Crippen LogP contribution < -0.4 is 4.57 Å². The molecule has 0 radical (unpaired) electrons. The van der Waals surface area contributed by atoms with Gasteiger partial charge in [0.25, 0.3) is 0 Å². The lowest BCUT2D eigenvalue weighted by molar-refractivity contribution is -0.660. The highest BCUT2D eigenvalue weighted by atomic mass is 19.1. The molecule has 0 N–H and O–H groups in total. The van der Waals surface area contributed by atoms with Crippen molar-refractivity contribution in [2.75, 3.05) is 0 Å². The molecule has 0 aliphatic carbocycles. The Morgan fingerprint density at radius 2 is 2.00 bits per heavy atom. The quantitative estimate of drug-likeness (QED) is 0.532. The van der Waals surface area contributed by atoms with Crippen molar-refractivity contribution in [3.63, 3.8) is 0 Å². The second-order valence-electron chi connectivity index (χ2n) is 3.62. The molecule has 0 saturated carbocycles. The third-order valence-electron chi connectivity index (χ3n) is 2.45. The SMILES string of the molecule is Cc1cc(F)nc(F)c1-c1cccc[n+]1C. The van der Waals surface area contributed by atoms with E-state index >= 15 is 0 Å². The van der Waals surface area contributed by atoms with Crippen LogP contribution in [-0.4, -0.2) is 4.98 Å². The fraction of sp³-hybridized carbons (Fsp3) is 0.167. The van der Waals surface area contributed by atoms with E-state index in [1.807, 2.05) is 6.07 Å². The number of rotatable bonds is 1. The third-order valence-corrected chi connectivity index (χ3v) is 2.45. The van der Waals surface area contributed by atoms with E-state index < -0.39 is 11.9 Å². The molecule has 4 heteroatoms. The van der Waals surface area contributed by atoms with Gasteiger partial charge in [-0.2, -0.15) is 13.8 Å². The first kappa shape index (κ1) is 10.7. The second kappa shape index (κ2) is 3.96. The van der Waals surface area contributed by atoms with E-state index in [4.69, 9.17) is 0 Å². The summed E-state index contributed by atoms with van der Waals surface area (Å²) in [4.78, 5) is 3.21. The van der Waals surface area contributed by atoms with Crippen molar-refractivity contribution in [3.05, 3.63) is 47.9 Å². The molecule has 16 heavy (non-hydrogen) atoms. The van der Waals surface area contributed by atoms with Gasteiger partial charge in [0.05, 0.1) is 0 Å². The highest BCUT2D eigenvalue weighted by molar-refractivity contribution is 5.59. The Balaban J connectivity index is 2.70. The van der Waals surface area contributed by atoms with Gasteiger partial charge in [-0.25, -0.2) is 4.57 Å². The van der Waals surface area contributed by atoms with Crippen LogP contribution in [0.1, 0.15) is 5.56 Å². The van der Waals surface area contributed by atoms with Crippen molar-refractivity contribution in [2.45, 2.75) is 6.92 Å². The maximum absolute atomic E-state index is 13.6. The summed E-state index contributed by atoms with van der Waals surface area (Å²) in [6.07, 6.45) is 1.80. The Morgan fingerprint density at radius 3 is 2.62 bits per heavy atom. The fourth-order valence-corrected chi connectivity index (χ4v) is 1.69. The molecular formula is C12H11F2N2+. The third kappa shape index (κ3) is 1.78. The predicted molar refractivity (Wildman–Crippen MR) is 55.5 cm³/mol. The van der Waals surface area contributed by atoms with Gasteiger partial charge < -0.3 is 0 Å². The average Bonchev–Trinajstić information content (AvgIpc) is 2.19. The maximum Gasteiger partial charge on any atom is 0.229 e. The molecule has 0 fully saturated rings. The Morgan fingerprint density at radius 1 is 1.25 bits per heavy atom. The van der Waals surface area contributed by atoms with Gasteiger partial charge >= 0.3 is 0 Å². The van der Waals surface area contributed by atoms with Crippen LogP contribution in [-0.2, 0) is 7.05 Å². The van der Waals surface area contributed by atoms with Gasteiger partial charge in [0.2, 0.25) is 17.6 Å². The second-order valence-corrected chi connectivity index (χ2v) is 3.62. The van der Waals surface area contributed by atoms with Crippen molar-refractivity contribution in [3.8, 4) is 11.3 Å². The smallest absolute Gasteiger partial charge is 0.201 e. The Kier molecular flexibility index (Phi) is 2.64. The number of pyridine rings is 2. The summed E-state index contributed by atoms with van der Waals surface area (Å²) in [6.45, 7) is 1.66. The number of aromatic nitrogens is 2. The summed E-state index contributed by atoms with van der Waals surface area (Å²) in [5.74, 6) is -1.57. The molecule has 0 amide bonds. The standard InChI is InChI=1S/C12H11F2N2/c1-8-7-10(13)15-12(14)11(8)9-5-3-4-6-16(9)2/h3-7H,1-2H3/q+1. The topological polar surface area (TPSA) is 16.8 Å². The summed E-state index contributed by atoms with van der Waals surface area (Å²) >= 11 is 0. The lowest BCUT2D eigenvalue weighted by Gasteiger charge is -2.04. The molecule has 2 aromatic rings. The molecular weight excluding hydrogens is 210 g/mol. The zero-order chi connectivity index (χ0) is 11.7. The number of aryl methyl sites for hydroxylation is 2. The highest BCUT2D eigenvalue weighted by Crippen LogP contribution is 2.22. The number of hydrogen-bond acceptors (Lipinski definition) is 1. The molecule has 0 bridgehead atoms. The van der Waals surface area contributed by atoms with Crippen molar-refractivity contribution in [2.24, 2.45) is 7.05 Å². The van der Waals surface area contributed by atoms with Crippen LogP contribution in [0.5, 0.6) is 0 Å². The van der Waals surface area contributed by atoms with Crippen LogP contribution in [0.2, 0.25) is 0 Å². The van der Waals surface area contributed by atoms with E-state index in [-0.39, 0.29) is 0 Å². The minimum absolute atomic E-state index is 0.338. The first-order valence-electron chi connectivity index (χ1n) is 4.87. The normalized spacial score (nSPS) is 10.5. The lowest BCUT2D eigenvalue weighted by atomic mass is 10.1. The molecule has 0 aromatic carbocycles. The molecule has 2 aromatic heterocycles. The maximum atomic E-state index is 13.6. The molecule has 0 aliphatic rings. The van der Waals surface area contributed by atoms with Gasteiger partial charge in [0, 0.05) is 12.1 Å². The Hall–Kier alpha value is -1.84. The summed E-state index contributed by atoms with van der Waals surface area (Å²) in [5, 5.41) is 0. The Labute approximate surface area is 92.2 Å². The van der Waals surface area contributed by atoms with E-state index in [9.17, 15) is 8.78 Å². The zero-order valence-corrected chi connectivity index (χ0v) is 9.04. The largest absolute Gasteiger partial charge is 0.229 e. The van der Waals surface area contributed by atoms with E-state index in [2.05, 4.69) is 4.98 Å². The molecule has 0 aliphatic heterocycles. The molecule has 0 unspecified atom stereocenters. The fourth-order valence-electron chi connectivity index (χ4n) is 1.69. The van der Waals surface area contributed by atoms with Crippen molar-refractivity contribution < 1.29 is 13.3 Å². The lowest BCUT2D eigenvalue weighted by Crippen LogP contribution is -2.30. The minimum atomic E-state index is -0.794. The Bertz CT molecular complexity index is 515. The molecule has 82 valence electrons. The zero-order valence-electron chi connectivity index (χ0n) is 9.04. The molecule has 0 saturated heterocycles. The summed E-state index contributed by atoms with van der Waals surface area (Å²) in [7, 11) is 1.80. The first-order chi connectivity index (χ1) is 7.59. The van der Waals surface area contributed by atoms with Gasteiger partial charge in [-0.3, -0.25) is 0 Å². The molecule has 2 rings (SSSR count). The van der Waals surface area contributed by atoms with Crippen molar-refractivity contribution in [1.29, 1.82) is 0 Å².